The van der Waals surface area contributed by atoms with Gasteiger partial charge in [-0.15, -0.1) is 0 Å². The van der Waals surface area contributed by atoms with Crippen LogP contribution in [0.2, 0.25) is 0 Å². The number of carbonyl (C=O) groups excluding carboxylic acids is 7. The van der Waals surface area contributed by atoms with Crippen molar-refractivity contribution in [3.63, 3.8) is 0 Å². The lowest BCUT2D eigenvalue weighted by Crippen LogP contribution is -2.36. The second-order valence-electron chi connectivity index (χ2n) is 20.2. The van der Waals surface area contributed by atoms with Crippen LogP contribution in [0, 0.1) is 0 Å². The van der Waals surface area contributed by atoms with Gasteiger partial charge in [0.2, 0.25) is 11.8 Å². The van der Waals surface area contributed by atoms with E-state index in [0.717, 1.165) is 36.3 Å². The number of alkyl halides is 9. The molecule has 7 rings (SSSR count). The maximum atomic E-state index is 12.0. The average Bonchev–Trinajstić information content (AvgIpc) is 3.32. The molecular formula is C54H66F9N15O9. The topological polar surface area (TPSA) is 347 Å². The van der Waals surface area contributed by atoms with Gasteiger partial charge in [0.05, 0.1) is 0 Å². The van der Waals surface area contributed by atoms with Crippen molar-refractivity contribution >= 4 is 70.8 Å². The number of hydrogen-bond acceptors (Lipinski definition) is 17. The van der Waals surface area contributed by atoms with Crippen LogP contribution in [0.1, 0.15) is 95.0 Å². The molecule has 33 heteroatoms. The first-order valence-electron chi connectivity index (χ1n) is 26.0. The lowest BCUT2D eigenvalue weighted by molar-refractivity contribution is -0.173. The number of nitrogen functional groups attached to an aromatic ring is 1. The summed E-state index contributed by atoms with van der Waals surface area (Å²) in [7, 11) is 0. The second-order valence-corrected chi connectivity index (χ2v) is 20.2. The number of ether oxygens (including phenoxy) is 2. The molecule has 474 valence electrons. The van der Waals surface area contributed by atoms with Crippen LogP contribution in [0.3, 0.4) is 0 Å². The summed E-state index contributed by atoms with van der Waals surface area (Å²) in [5.41, 5.74) is 18.1. The number of halogens is 9. The first-order chi connectivity index (χ1) is 40.5. The number of anilines is 5. The molecule has 11 N–H and O–H groups in total. The third-order valence-corrected chi connectivity index (χ3v) is 10.7. The number of nitrogens with zero attached hydrogens (tertiary/aromatic N) is 7. The van der Waals surface area contributed by atoms with E-state index in [1.54, 1.807) is 93.0 Å². The monoisotopic (exact) mass is 1240 g/mol. The van der Waals surface area contributed by atoms with E-state index in [9.17, 15) is 73.1 Å². The lowest BCUT2D eigenvalue weighted by atomic mass is 10.2. The third-order valence-electron chi connectivity index (χ3n) is 10.7. The molecule has 0 unspecified atom stereocenters. The van der Waals surface area contributed by atoms with Gasteiger partial charge < -0.3 is 42.6 Å². The van der Waals surface area contributed by atoms with Crippen molar-refractivity contribution in [3.05, 3.63) is 119 Å². The normalized spacial score (nSPS) is 13.1. The van der Waals surface area contributed by atoms with Gasteiger partial charge in [-0.2, -0.15) is 39.5 Å². The Bertz CT molecular complexity index is 3040. The molecule has 0 bridgehead atoms. The predicted molar refractivity (Wildman–Crippen MR) is 298 cm³/mol. The standard InChI is InChI=1S/C13H16F3N3O3.C12H12F3N3O2.C11H17N3O2.C10H13N3O.C8H8F3N3O/c1-12(2,3)22-11(21)19-9-5-4-8(6-17-9)7-18-10(20)13(14,15)16;13-12(14,15)11(20)17-7-8-3-4-9(16-6-8)18-5-1-2-10(18)19;1-11(2,3)16-10(15)14-9-5-4-8(6-12)7-13-9;11-6-8-3-4-9(12-7-8)13-5-1-2-10(13)14;9-8(10,11)7(15)14-4-5-1-2-6(12)13-3-5/h4-6H,7H2,1-3H3,(H,18,20)(H,17,19,21);3-4,6H,1-2,5,7H2,(H,17,20);4-5,7H,6,12H2,1-3H3,(H,13,14,15);3-4,7H,1-2,5-6,11H2;1-3H,4H2,(H2,12,13)(H,14,15). The van der Waals surface area contributed by atoms with E-state index < -0.39 is 59.6 Å². The third kappa shape index (κ3) is 28.0. The van der Waals surface area contributed by atoms with Gasteiger partial charge >= 0.3 is 48.4 Å². The smallest absolute Gasteiger partial charge is 0.444 e. The highest BCUT2D eigenvalue weighted by atomic mass is 19.4. The maximum Gasteiger partial charge on any atom is 0.471 e. The minimum absolute atomic E-state index is 0.0179. The quantitative estimate of drug-likeness (QED) is 0.0564. The molecule has 5 aromatic rings. The molecule has 24 nitrogen and oxygen atoms in total. The molecule has 0 saturated carbocycles. The van der Waals surface area contributed by atoms with Crippen LogP contribution in [0.4, 0.5) is 78.2 Å². The zero-order chi connectivity index (χ0) is 65.3. The summed E-state index contributed by atoms with van der Waals surface area (Å²) < 4.78 is 117. The van der Waals surface area contributed by atoms with E-state index in [1.807, 2.05) is 12.1 Å². The van der Waals surface area contributed by atoms with Crippen LogP contribution in [-0.4, -0.2) is 109 Å². The Morgan fingerprint density at radius 2 is 0.782 bits per heavy atom. The largest absolute Gasteiger partial charge is 0.471 e. The van der Waals surface area contributed by atoms with Crippen molar-refractivity contribution in [2.45, 2.75) is 130 Å². The van der Waals surface area contributed by atoms with Crippen molar-refractivity contribution < 1.29 is 82.5 Å². The summed E-state index contributed by atoms with van der Waals surface area (Å²) in [6, 6.07) is 16.1. The highest BCUT2D eigenvalue weighted by Crippen LogP contribution is 2.22. The Labute approximate surface area is 492 Å². The average molecular weight is 1240 g/mol. The van der Waals surface area contributed by atoms with Gasteiger partial charge in [0, 0.05) is 89.6 Å². The number of pyridine rings is 5. The lowest BCUT2D eigenvalue weighted by Gasteiger charge is -2.19. The van der Waals surface area contributed by atoms with Gasteiger partial charge in [0.1, 0.15) is 40.3 Å². The van der Waals surface area contributed by atoms with Crippen LogP contribution in [-0.2, 0) is 66.2 Å². The first kappa shape index (κ1) is 72.0. The summed E-state index contributed by atoms with van der Waals surface area (Å²) in [5.74, 6) is -3.73. The summed E-state index contributed by atoms with van der Waals surface area (Å²) in [6.07, 6.45) is -5.85. The molecule has 7 heterocycles. The molecule has 2 aliphatic rings. The Balaban J connectivity index is 0.000000287. The van der Waals surface area contributed by atoms with Crippen LogP contribution >= 0.6 is 0 Å². The van der Waals surface area contributed by atoms with Gasteiger partial charge in [-0.3, -0.25) is 44.4 Å². The molecule has 0 radical (unpaired) electrons. The summed E-state index contributed by atoms with van der Waals surface area (Å²) in [6.45, 7) is 12.0. The van der Waals surface area contributed by atoms with E-state index in [2.05, 4.69) is 35.6 Å². The van der Waals surface area contributed by atoms with E-state index in [4.69, 9.17) is 26.7 Å². The Morgan fingerprint density at radius 1 is 0.471 bits per heavy atom. The zero-order valence-electron chi connectivity index (χ0n) is 47.9. The number of amides is 7. The highest BCUT2D eigenvalue weighted by Gasteiger charge is 2.40. The van der Waals surface area contributed by atoms with E-state index >= 15 is 0 Å². The van der Waals surface area contributed by atoms with Gasteiger partial charge in [-0.25, -0.2) is 34.5 Å². The van der Waals surface area contributed by atoms with Crippen LogP contribution in [0.25, 0.3) is 0 Å². The minimum atomic E-state index is -4.92. The van der Waals surface area contributed by atoms with Crippen molar-refractivity contribution in [2.24, 2.45) is 11.5 Å². The minimum Gasteiger partial charge on any atom is -0.444 e. The van der Waals surface area contributed by atoms with Crippen LogP contribution in [0.5, 0.6) is 0 Å². The highest BCUT2D eigenvalue weighted by molar-refractivity contribution is 5.95. The van der Waals surface area contributed by atoms with Crippen molar-refractivity contribution in [1.29, 1.82) is 0 Å². The summed E-state index contributed by atoms with van der Waals surface area (Å²) >= 11 is 0. The number of rotatable bonds is 12. The number of nitrogens with two attached hydrogens (primary N) is 3. The van der Waals surface area contributed by atoms with E-state index in [-0.39, 0.29) is 43.1 Å². The molecule has 0 spiro atoms. The fourth-order valence-corrected chi connectivity index (χ4v) is 6.59. The Hall–Kier alpha value is -9.27. The van der Waals surface area contributed by atoms with Crippen molar-refractivity contribution in [3.8, 4) is 0 Å². The van der Waals surface area contributed by atoms with Gasteiger partial charge in [-0.1, -0.05) is 30.3 Å². The predicted octanol–water partition coefficient (Wildman–Crippen LogP) is 7.39. The van der Waals surface area contributed by atoms with Crippen LogP contribution in [0.15, 0.2) is 91.6 Å². The summed E-state index contributed by atoms with van der Waals surface area (Å²) in [5, 5.41) is 10.1. The molecule has 0 aliphatic carbocycles. The van der Waals surface area contributed by atoms with E-state index in [0.29, 0.717) is 60.8 Å². The maximum absolute atomic E-state index is 12.0. The van der Waals surface area contributed by atoms with Crippen molar-refractivity contribution in [1.82, 2.24) is 40.9 Å². The molecule has 2 fully saturated rings. The summed E-state index contributed by atoms with van der Waals surface area (Å²) in [4.78, 5) is 100. The number of aromatic nitrogens is 5. The fourth-order valence-electron chi connectivity index (χ4n) is 6.59. The van der Waals surface area contributed by atoms with Gasteiger partial charge in [0.25, 0.3) is 0 Å². The zero-order valence-corrected chi connectivity index (χ0v) is 47.9. The second kappa shape index (κ2) is 32.9. The first-order valence-corrected chi connectivity index (χ1v) is 26.0. The van der Waals surface area contributed by atoms with Crippen LogP contribution < -0.4 is 53.6 Å². The molecule has 2 aliphatic heterocycles. The van der Waals surface area contributed by atoms with Gasteiger partial charge in [-0.05, 0) is 113 Å². The SMILES string of the molecule is CC(C)(C)OC(=O)Nc1ccc(CN)cn1.CC(C)(C)OC(=O)Nc1ccc(CNC(=O)C(F)(F)F)cn1.NCc1ccc(N2CCCC2=O)nc1.Nc1ccc(CNC(=O)C(F)(F)F)cn1.O=C1CCCN1c1ccc(CNC(=O)C(F)(F)F)cn1. The number of hydrogen-bond donors (Lipinski definition) is 8. The van der Waals surface area contributed by atoms with E-state index in [1.165, 1.54) is 53.8 Å². The molecule has 7 amide bonds. The van der Waals surface area contributed by atoms with Crippen molar-refractivity contribution in [2.75, 3.05) is 39.3 Å². The molecule has 5 aromatic heterocycles. The Morgan fingerprint density at radius 3 is 1.03 bits per heavy atom. The number of nitrogens with one attached hydrogen (secondary N) is 5. The molecule has 0 aromatic carbocycles. The number of carbonyl (C=O) groups is 7. The fraction of sp³-hybridized carbons (Fsp3) is 0.407. The molecule has 87 heavy (non-hydrogen) atoms. The molecule has 2 saturated heterocycles. The Kier molecular flexibility index (Phi) is 27.2. The molecule has 0 atom stereocenters. The van der Waals surface area contributed by atoms with Gasteiger partial charge in [0.15, 0.2) is 0 Å². The molecular weight excluding hydrogens is 1170 g/mol.